The Morgan fingerprint density at radius 2 is 1.64 bits per heavy atom. The van der Waals surface area contributed by atoms with E-state index in [0.29, 0.717) is 40.9 Å². The van der Waals surface area contributed by atoms with Crippen LogP contribution in [0.2, 0.25) is 0 Å². The minimum Gasteiger partial charge on any atom is -0.462 e. The van der Waals surface area contributed by atoms with Crippen LogP contribution < -0.4 is 0 Å². The van der Waals surface area contributed by atoms with Gasteiger partial charge in [0.15, 0.2) is 0 Å². The van der Waals surface area contributed by atoms with Crippen LogP contribution in [0.4, 0.5) is 0 Å². The Morgan fingerprint density at radius 3 is 2.28 bits per heavy atom. The second-order valence-corrected chi connectivity index (χ2v) is 15.5. The number of carbonyl (C=O) groups is 1. The summed E-state index contributed by atoms with van der Waals surface area (Å²) < 4.78 is 5.90. The van der Waals surface area contributed by atoms with Gasteiger partial charge >= 0.3 is 5.97 Å². The van der Waals surface area contributed by atoms with Crippen LogP contribution in [0, 0.1) is 56.7 Å². The van der Waals surface area contributed by atoms with Crippen LogP contribution in [0.25, 0.3) is 0 Å². The van der Waals surface area contributed by atoms with Crippen molar-refractivity contribution in [3.63, 3.8) is 0 Å². The second kappa shape index (κ2) is 8.48. The predicted molar refractivity (Wildman–Crippen MR) is 147 cm³/mol. The number of aliphatic hydroxyl groups is 1. The second-order valence-electron chi connectivity index (χ2n) is 15.3. The number of allylic oxidation sites excluding steroid dienone is 1. The third-order valence-corrected chi connectivity index (χ3v) is 14.2. The Morgan fingerprint density at radius 1 is 0.944 bits per heavy atom. The molecule has 3 nitrogen and oxygen atoms in total. The molecule has 0 aromatic rings. The number of halogens is 1. The summed E-state index contributed by atoms with van der Waals surface area (Å²) in [5.74, 6) is 3.22. The lowest BCUT2D eigenvalue weighted by Gasteiger charge is -2.73. The maximum absolute atomic E-state index is 11.9. The number of ether oxygens (including phenoxy) is 1. The highest BCUT2D eigenvalue weighted by atomic mass is 35.5. The molecule has 5 rings (SSSR count). The number of esters is 1. The molecule has 5 aliphatic rings. The zero-order chi connectivity index (χ0) is 26.5. The quantitative estimate of drug-likeness (QED) is 0.230. The highest BCUT2D eigenvalue weighted by Crippen LogP contribution is 2.76. The molecule has 0 radical (unpaired) electrons. The smallest absolute Gasteiger partial charge is 0.302 e. The molecule has 4 saturated carbocycles. The van der Waals surface area contributed by atoms with Crippen LogP contribution in [-0.2, 0) is 9.53 Å². The fourth-order valence-corrected chi connectivity index (χ4v) is 12.1. The van der Waals surface area contributed by atoms with Crippen LogP contribution in [0.3, 0.4) is 0 Å². The maximum Gasteiger partial charge on any atom is 0.302 e. The normalized spacial score (nSPS) is 53.7. The Kier molecular flexibility index (Phi) is 6.37. The summed E-state index contributed by atoms with van der Waals surface area (Å²) in [4.78, 5) is 11.9. The van der Waals surface area contributed by atoms with Gasteiger partial charge < -0.3 is 9.84 Å². The van der Waals surface area contributed by atoms with Crippen molar-refractivity contribution in [2.75, 3.05) is 5.88 Å². The molecule has 36 heavy (non-hydrogen) atoms. The maximum atomic E-state index is 11.9. The minimum absolute atomic E-state index is 0.00489. The molecule has 204 valence electrons. The standard InChI is InChI=1S/C32H51ClO3/c1-19-21(18-33)17-25(35)30(6)15-16-31(7)22(27(19)30)9-10-24-29(5)13-12-26(36-20(2)34)28(3,4)23(29)11-14-32(24,31)8/h17,19,22-27,35H,9-16,18H2,1-8H3/t19-,22-,23+,24-,25+,26+,27-,29+,30+,31-,32-/m1/s1. The summed E-state index contributed by atoms with van der Waals surface area (Å²) >= 11 is 6.42. The third-order valence-electron chi connectivity index (χ3n) is 13.9. The molecule has 0 saturated heterocycles. The number of rotatable bonds is 2. The summed E-state index contributed by atoms with van der Waals surface area (Å²) in [5, 5.41) is 11.3. The Hall–Kier alpha value is -0.540. The molecule has 0 aliphatic heterocycles. The molecule has 0 bridgehead atoms. The Labute approximate surface area is 225 Å². The molecule has 4 fully saturated rings. The van der Waals surface area contributed by atoms with Crippen LogP contribution >= 0.6 is 11.6 Å². The average Bonchev–Trinajstić information content (AvgIpc) is 2.79. The molecule has 0 amide bonds. The number of aliphatic hydroxyl groups excluding tert-OH is 1. The van der Waals surface area contributed by atoms with Crippen molar-refractivity contribution in [1.82, 2.24) is 0 Å². The number of hydrogen-bond donors (Lipinski definition) is 1. The lowest BCUT2D eigenvalue weighted by Crippen LogP contribution is -2.68. The summed E-state index contributed by atoms with van der Waals surface area (Å²) in [6, 6.07) is 0. The first kappa shape index (κ1) is 27.0. The minimum atomic E-state index is -0.381. The SMILES string of the molecule is CC(=O)O[C@H]1CC[C@]2(C)[C@H]3CC[C@@H]4[C@H]5[C@H](C)C(CCl)=C[C@H](O)[C@]5(C)CC[C@@]4(C)[C@]3(C)CC[C@H]2C1(C)C. The highest BCUT2D eigenvalue weighted by Gasteiger charge is 2.70. The molecule has 0 unspecified atom stereocenters. The molecule has 4 heteroatoms. The lowest BCUT2D eigenvalue weighted by molar-refractivity contribution is -0.257. The van der Waals surface area contributed by atoms with Crippen molar-refractivity contribution in [2.45, 2.75) is 119 Å². The van der Waals surface area contributed by atoms with Crippen molar-refractivity contribution in [3.05, 3.63) is 11.6 Å². The molecule has 0 heterocycles. The topological polar surface area (TPSA) is 46.5 Å². The molecule has 0 aromatic carbocycles. The van der Waals surface area contributed by atoms with Crippen LogP contribution in [0.5, 0.6) is 0 Å². The lowest BCUT2D eigenvalue weighted by atomic mass is 9.31. The Balaban J connectivity index is 1.51. The van der Waals surface area contributed by atoms with E-state index in [9.17, 15) is 9.90 Å². The van der Waals surface area contributed by atoms with Gasteiger partial charge in [0.1, 0.15) is 6.10 Å². The van der Waals surface area contributed by atoms with E-state index in [4.69, 9.17) is 16.3 Å². The molecular weight excluding hydrogens is 468 g/mol. The monoisotopic (exact) mass is 518 g/mol. The van der Waals surface area contributed by atoms with E-state index >= 15 is 0 Å². The number of fused-ring (bicyclic) bond motifs is 7. The van der Waals surface area contributed by atoms with Crippen molar-refractivity contribution < 1.29 is 14.6 Å². The van der Waals surface area contributed by atoms with Gasteiger partial charge in [0.25, 0.3) is 0 Å². The average molecular weight is 519 g/mol. The van der Waals surface area contributed by atoms with Gasteiger partial charge in [0, 0.05) is 23.6 Å². The molecule has 1 N–H and O–H groups in total. The van der Waals surface area contributed by atoms with Gasteiger partial charge in [0.2, 0.25) is 0 Å². The first-order valence-electron chi connectivity index (χ1n) is 14.8. The fraction of sp³-hybridized carbons (Fsp3) is 0.906. The summed E-state index contributed by atoms with van der Waals surface area (Å²) in [6.45, 7) is 19.0. The molecule has 5 aliphatic carbocycles. The van der Waals surface area contributed by atoms with Crippen molar-refractivity contribution in [3.8, 4) is 0 Å². The number of carbonyl (C=O) groups excluding carboxylic acids is 1. The van der Waals surface area contributed by atoms with Gasteiger partial charge in [-0.2, -0.15) is 0 Å². The van der Waals surface area contributed by atoms with Gasteiger partial charge in [-0.15, -0.1) is 11.6 Å². The van der Waals surface area contributed by atoms with E-state index in [1.807, 2.05) is 0 Å². The molecular formula is C32H51ClO3. The Bertz CT molecular complexity index is 942. The highest BCUT2D eigenvalue weighted by molar-refractivity contribution is 6.19. The first-order valence-corrected chi connectivity index (χ1v) is 15.3. The fourth-order valence-electron chi connectivity index (χ4n) is 11.8. The van der Waals surface area contributed by atoms with Crippen LogP contribution in [-0.4, -0.2) is 29.2 Å². The van der Waals surface area contributed by atoms with E-state index in [0.717, 1.165) is 19.3 Å². The molecule has 0 aromatic heterocycles. The number of hydrogen-bond acceptors (Lipinski definition) is 3. The van der Waals surface area contributed by atoms with Crippen LogP contribution in [0.1, 0.15) is 107 Å². The predicted octanol–water partition coefficient (Wildman–Crippen LogP) is 7.79. The molecule has 11 atom stereocenters. The van der Waals surface area contributed by atoms with Crippen LogP contribution in [0.15, 0.2) is 11.6 Å². The molecule has 0 spiro atoms. The van der Waals surface area contributed by atoms with Crippen molar-refractivity contribution >= 4 is 17.6 Å². The summed E-state index contributed by atoms with van der Waals surface area (Å²) in [5.41, 5.74) is 2.05. The third kappa shape index (κ3) is 3.36. The van der Waals surface area contributed by atoms with Gasteiger partial charge in [-0.25, -0.2) is 0 Å². The summed E-state index contributed by atoms with van der Waals surface area (Å²) in [7, 11) is 0. The first-order chi connectivity index (χ1) is 16.7. The van der Waals surface area contributed by atoms with E-state index in [-0.39, 0.29) is 39.8 Å². The van der Waals surface area contributed by atoms with E-state index in [2.05, 4.69) is 54.5 Å². The van der Waals surface area contributed by atoms with Gasteiger partial charge in [0.05, 0.1) is 6.10 Å². The summed E-state index contributed by atoms with van der Waals surface area (Å²) in [6.07, 6.45) is 11.3. The van der Waals surface area contributed by atoms with E-state index in [1.54, 1.807) is 6.92 Å². The van der Waals surface area contributed by atoms with E-state index < -0.39 is 0 Å². The van der Waals surface area contributed by atoms with Crippen molar-refractivity contribution in [1.29, 1.82) is 0 Å². The van der Waals surface area contributed by atoms with Gasteiger partial charge in [-0.05, 0) is 97.2 Å². The van der Waals surface area contributed by atoms with Gasteiger partial charge in [-0.1, -0.05) is 60.1 Å². The van der Waals surface area contributed by atoms with Gasteiger partial charge in [-0.3, -0.25) is 4.79 Å². The van der Waals surface area contributed by atoms with E-state index in [1.165, 1.54) is 37.7 Å². The largest absolute Gasteiger partial charge is 0.462 e. The zero-order valence-corrected chi connectivity index (χ0v) is 24.9. The zero-order valence-electron chi connectivity index (χ0n) is 24.1. The number of alkyl halides is 1. The van der Waals surface area contributed by atoms with Crippen molar-refractivity contribution in [2.24, 2.45) is 56.7 Å².